The standard InChI is InChI=1S/C44H58N4O5/c1-5-47(6-2)39-21-17-35(43(31-39)51-27-15-11-9-13-25-49)19-23-41-29-37(38(33-45)34-46)30-42(53-41)24-20-36-18-22-40(48(7-3)8-4)32-44(36)52-28-16-12-10-14-26-50/h17-24,29-32,49-50H,5-16,25-28H2,1-4H3/b23-19+,24-20+. The van der Waals surface area contributed by atoms with E-state index < -0.39 is 0 Å². The molecule has 2 aromatic carbocycles. The molecule has 53 heavy (non-hydrogen) atoms. The Kier molecular flexibility index (Phi) is 19.5. The van der Waals surface area contributed by atoms with Crippen LogP contribution in [0.2, 0.25) is 0 Å². The largest absolute Gasteiger partial charge is 0.493 e. The van der Waals surface area contributed by atoms with Crippen LogP contribution in [0.15, 0.2) is 83.4 Å². The van der Waals surface area contributed by atoms with E-state index in [1.807, 2.05) is 48.6 Å². The molecular formula is C44H58N4O5. The zero-order valence-electron chi connectivity index (χ0n) is 32.1. The smallest absolute Gasteiger partial charge is 0.137 e. The van der Waals surface area contributed by atoms with Crippen molar-refractivity contribution in [3.63, 3.8) is 0 Å². The number of aliphatic hydroxyl groups is 2. The number of unbranched alkanes of at least 4 members (excludes halogenated alkanes) is 6. The van der Waals surface area contributed by atoms with Gasteiger partial charge in [-0.05, 0) is 127 Å². The van der Waals surface area contributed by atoms with E-state index in [0.29, 0.717) is 30.3 Å². The van der Waals surface area contributed by atoms with E-state index in [4.69, 9.17) is 24.4 Å². The van der Waals surface area contributed by atoms with Gasteiger partial charge < -0.3 is 34.2 Å². The van der Waals surface area contributed by atoms with Crippen molar-refractivity contribution >= 4 is 23.5 Å². The summed E-state index contributed by atoms with van der Waals surface area (Å²) in [6, 6.07) is 16.4. The molecule has 0 aromatic heterocycles. The van der Waals surface area contributed by atoms with Crippen molar-refractivity contribution in [2.24, 2.45) is 0 Å². The number of rotatable bonds is 24. The number of hydrogen-bond donors (Lipinski definition) is 2. The van der Waals surface area contributed by atoms with Crippen molar-refractivity contribution < 1.29 is 24.4 Å². The predicted octanol–water partition coefficient (Wildman–Crippen LogP) is 9.11. The van der Waals surface area contributed by atoms with Gasteiger partial charge in [-0.2, -0.15) is 10.5 Å². The Morgan fingerprint density at radius 1 is 0.623 bits per heavy atom. The fourth-order valence-electron chi connectivity index (χ4n) is 5.99. The van der Waals surface area contributed by atoms with Crippen LogP contribution in [-0.2, 0) is 4.74 Å². The second-order valence-corrected chi connectivity index (χ2v) is 12.7. The zero-order valence-corrected chi connectivity index (χ0v) is 32.1. The van der Waals surface area contributed by atoms with Crippen LogP contribution < -0.4 is 19.3 Å². The van der Waals surface area contributed by atoms with Gasteiger partial charge in [-0.1, -0.05) is 12.8 Å². The fraction of sp³-hybridized carbons (Fsp3) is 0.455. The van der Waals surface area contributed by atoms with Crippen LogP contribution in [0.25, 0.3) is 12.2 Å². The minimum atomic E-state index is -0.00677. The lowest BCUT2D eigenvalue weighted by atomic mass is 10.0. The van der Waals surface area contributed by atoms with Gasteiger partial charge in [0.25, 0.3) is 0 Å². The Labute approximate surface area is 317 Å². The van der Waals surface area contributed by atoms with E-state index >= 15 is 0 Å². The third kappa shape index (κ3) is 13.8. The number of hydrogen-bond acceptors (Lipinski definition) is 9. The summed E-state index contributed by atoms with van der Waals surface area (Å²) < 4.78 is 18.9. The molecule has 0 amide bonds. The molecular weight excluding hydrogens is 665 g/mol. The monoisotopic (exact) mass is 722 g/mol. The Bertz CT molecular complexity index is 1550. The number of nitriles is 2. The number of ether oxygens (including phenoxy) is 3. The molecule has 9 heteroatoms. The third-order valence-electron chi connectivity index (χ3n) is 9.07. The number of allylic oxidation sites excluding steroid dienone is 6. The topological polar surface area (TPSA) is 122 Å². The fourth-order valence-corrected chi connectivity index (χ4v) is 5.99. The second kappa shape index (κ2) is 24.3. The maximum atomic E-state index is 9.73. The highest BCUT2D eigenvalue weighted by molar-refractivity contribution is 5.67. The normalized spacial score (nSPS) is 12.6. The van der Waals surface area contributed by atoms with Crippen molar-refractivity contribution in [3.05, 3.63) is 94.5 Å². The molecule has 3 rings (SSSR count). The lowest BCUT2D eigenvalue weighted by molar-refractivity contribution is 0.273. The lowest BCUT2D eigenvalue weighted by Gasteiger charge is -2.22. The molecule has 2 aromatic rings. The highest BCUT2D eigenvalue weighted by Crippen LogP contribution is 2.31. The van der Waals surface area contributed by atoms with Gasteiger partial charge in [0, 0.05) is 79.6 Å². The molecule has 0 spiro atoms. The van der Waals surface area contributed by atoms with Crippen molar-refractivity contribution in [1.82, 2.24) is 0 Å². The molecule has 0 saturated carbocycles. The van der Waals surface area contributed by atoms with Crippen LogP contribution in [0, 0.1) is 22.7 Å². The highest BCUT2D eigenvalue weighted by Gasteiger charge is 2.14. The second-order valence-electron chi connectivity index (χ2n) is 12.7. The number of nitrogens with zero attached hydrogens (tertiary/aromatic N) is 4. The summed E-state index contributed by atoms with van der Waals surface area (Å²) in [4.78, 5) is 4.54. The molecule has 1 aliphatic rings. The van der Waals surface area contributed by atoms with Crippen LogP contribution in [0.3, 0.4) is 0 Å². The van der Waals surface area contributed by atoms with Gasteiger partial charge in [0.2, 0.25) is 0 Å². The van der Waals surface area contributed by atoms with E-state index in [2.05, 4.69) is 61.8 Å². The summed E-state index contributed by atoms with van der Waals surface area (Å²) in [5.41, 5.74) is 4.38. The van der Waals surface area contributed by atoms with Gasteiger partial charge in [0.15, 0.2) is 0 Å². The average molecular weight is 723 g/mol. The Balaban J connectivity index is 1.91. The summed E-state index contributed by atoms with van der Waals surface area (Å²) in [7, 11) is 0. The molecule has 284 valence electrons. The first-order valence-corrected chi connectivity index (χ1v) is 19.2. The molecule has 0 unspecified atom stereocenters. The first-order valence-electron chi connectivity index (χ1n) is 19.2. The van der Waals surface area contributed by atoms with Gasteiger partial charge >= 0.3 is 0 Å². The van der Waals surface area contributed by atoms with E-state index in [9.17, 15) is 10.5 Å². The first-order chi connectivity index (χ1) is 25.9. The van der Waals surface area contributed by atoms with Gasteiger partial charge in [-0.25, -0.2) is 0 Å². The first kappa shape index (κ1) is 42.5. The maximum absolute atomic E-state index is 9.73. The van der Waals surface area contributed by atoms with Crippen molar-refractivity contribution in [2.45, 2.75) is 79.1 Å². The molecule has 9 nitrogen and oxygen atoms in total. The van der Waals surface area contributed by atoms with Gasteiger partial charge in [0.05, 0.1) is 13.2 Å². The number of anilines is 2. The Morgan fingerprint density at radius 3 is 1.42 bits per heavy atom. The van der Waals surface area contributed by atoms with E-state index in [1.54, 1.807) is 12.2 Å². The maximum Gasteiger partial charge on any atom is 0.137 e. The molecule has 0 radical (unpaired) electrons. The minimum Gasteiger partial charge on any atom is -0.493 e. The van der Waals surface area contributed by atoms with E-state index in [-0.39, 0.29) is 18.8 Å². The van der Waals surface area contributed by atoms with Crippen LogP contribution in [0.4, 0.5) is 11.4 Å². The molecule has 0 aliphatic carbocycles. The Hall–Kier alpha value is -4.96. The minimum absolute atomic E-state index is 0.00677. The van der Waals surface area contributed by atoms with Crippen LogP contribution >= 0.6 is 0 Å². The van der Waals surface area contributed by atoms with Gasteiger partial charge in [-0.3, -0.25) is 0 Å². The van der Waals surface area contributed by atoms with E-state index in [1.165, 1.54) is 0 Å². The molecule has 1 aliphatic heterocycles. The third-order valence-corrected chi connectivity index (χ3v) is 9.07. The average Bonchev–Trinajstić information content (AvgIpc) is 3.18. The van der Waals surface area contributed by atoms with Crippen molar-refractivity contribution in [1.29, 1.82) is 10.5 Å². The van der Waals surface area contributed by atoms with Crippen molar-refractivity contribution in [2.75, 3.05) is 62.4 Å². The van der Waals surface area contributed by atoms with Gasteiger partial charge in [0.1, 0.15) is 40.7 Å². The zero-order chi connectivity index (χ0) is 38.3. The number of aliphatic hydroxyl groups excluding tert-OH is 2. The molecule has 0 fully saturated rings. The van der Waals surface area contributed by atoms with Crippen LogP contribution in [0.1, 0.15) is 90.2 Å². The quantitative estimate of drug-likeness (QED) is 0.0807. The van der Waals surface area contributed by atoms with Crippen molar-refractivity contribution in [3.8, 4) is 23.6 Å². The SMILES string of the molecule is CCN(CC)c1ccc(/C=C/C2=CC(=C(C#N)C#N)C=C(/C=C/c3ccc(N(CC)CC)cc3OCCCCCCO)O2)c(OCCCCCCO)c1. The summed E-state index contributed by atoms with van der Waals surface area (Å²) in [6.07, 6.45) is 18.2. The number of benzene rings is 2. The Morgan fingerprint density at radius 2 is 1.04 bits per heavy atom. The molecule has 0 bridgehead atoms. The lowest BCUT2D eigenvalue weighted by Crippen LogP contribution is -2.21. The van der Waals surface area contributed by atoms with E-state index in [0.717, 1.165) is 112 Å². The summed E-state index contributed by atoms with van der Waals surface area (Å²) in [5, 5.41) is 37.7. The van der Waals surface area contributed by atoms with Gasteiger partial charge in [-0.15, -0.1) is 0 Å². The molecule has 0 atom stereocenters. The van der Waals surface area contributed by atoms with Crippen LogP contribution in [-0.4, -0.2) is 62.8 Å². The highest BCUT2D eigenvalue weighted by atomic mass is 16.5. The molecule has 1 heterocycles. The molecule has 0 saturated heterocycles. The summed E-state index contributed by atoms with van der Waals surface area (Å²) >= 11 is 0. The van der Waals surface area contributed by atoms with Crippen LogP contribution in [0.5, 0.6) is 11.5 Å². The summed E-state index contributed by atoms with van der Waals surface area (Å²) in [6.45, 7) is 13.6. The molecule has 2 N–H and O–H groups in total. The summed E-state index contributed by atoms with van der Waals surface area (Å²) in [5.74, 6) is 2.48. The predicted molar refractivity (Wildman–Crippen MR) is 216 cm³/mol.